The third-order valence-electron chi connectivity index (χ3n) is 2.13. The number of nitrogens with two attached hydrogens (primary N) is 1. The number of hydrogen-bond donors (Lipinski definition) is 3. The van der Waals surface area contributed by atoms with Gasteiger partial charge in [-0.15, -0.1) is 0 Å². The van der Waals surface area contributed by atoms with Crippen LogP contribution in [0, 0.1) is 12.7 Å². The third kappa shape index (κ3) is 2.02. The van der Waals surface area contributed by atoms with Crippen LogP contribution in [0.4, 0.5) is 4.39 Å². The van der Waals surface area contributed by atoms with E-state index < -0.39 is 18.0 Å². The molecule has 0 aromatic heterocycles. The van der Waals surface area contributed by atoms with E-state index in [9.17, 15) is 14.6 Å². The summed E-state index contributed by atoms with van der Waals surface area (Å²) in [7, 11) is 0. The molecule has 1 aromatic carbocycles. The molecule has 2 unspecified atom stereocenters. The highest BCUT2D eigenvalue weighted by molar-refractivity contribution is 5.37. The quantitative estimate of drug-likeness (QED) is 0.671. The van der Waals surface area contributed by atoms with Gasteiger partial charge in [-0.25, -0.2) is 4.39 Å². The molecule has 0 spiro atoms. The van der Waals surface area contributed by atoms with Crippen molar-refractivity contribution < 1.29 is 14.6 Å². The van der Waals surface area contributed by atoms with Crippen molar-refractivity contribution in [2.75, 3.05) is 0 Å². The molecule has 1 aromatic rings. The van der Waals surface area contributed by atoms with E-state index in [0.717, 1.165) is 0 Å². The van der Waals surface area contributed by atoms with E-state index in [0.29, 0.717) is 5.56 Å². The first kappa shape index (κ1) is 10.9. The van der Waals surface area contributed by atoms with Crippen molar-refractivity contribution in [3.05, 3.63) is 29.1 Å². The average molecular weight is 199 g/mol. The topological polar surface area (TPSA) is 66.5 Å². The minimum atomic E-state index is -1.10. The summed E-state index contributed by atoms with van der Waals surface area (Å²) in [6.07, 6.45) is -1.10. The summed E-state index contributed by atoms with van der Waals surface area (Å²) in [4.78, 5) is 0. The van der Waals surface area contributed by atoms with E-state index in [-0.39, 0.29) is 11.3 Å². The molecule has 3 nitrogen and oxygen atoms in total. The predicted molar refractivity (Wildman–Crippen MR) is 51.4 cm³/mol. The lowest BCUT2D eigenvalue weighted by molar-refractivity contribution is 0.148. The second-order valence-corrected chi connectivity index (χ2v) is 3.46. The fourth-order valence-corrected chi connectivity index (χ4v) is 1.19. The third-order valence-corrected chi connectivity index (χ3v) is 2.13. The number of aliphatic hydroxyl groups is 1. The van der Waals surface area contributed by atoms with Crippen LogP contribution in [0.3, 0.4) is 0 Å². The van der Waals surface area contributed by atoms with Crippen LogP contribution in [0.15, 0.2) is 12.1 Å². The molecule has 0 fully saturated rings. The summed E-state index contributed by atoms with van der Waals surface area (Å²) >= 11 is 0. The van der Waals surface area contributed by atoms with Crippen LogP contribution < -0.4 is 5.73 Å². The minimum Gasteiger partial charge on any atom is -0.508 e. The molecule has 0 saturated heterocycles. The fraction of sp³-hybridized carbons (Fsp3) is 0.400. The first-order valence-electron chi connectivity index (χ1n) is 4.36. The molecule has 14 heavy (non-hydrogen) atoms. The van der Waals surface area contributed by atoms with Crippen molar-refractivity contribution in [2.24, 2.45) is 5.73 Å². The summed E-state index contributed by atoms with van der Waals surface area (Å²) in [6, 6.07) is 1.81. The van der Waals surface area contributed by atoms with Crippen molar-refractivity contribution in [3.63, 3.8) is 0 Å². The standard InChI is InChI=1S/C10H14FNO2/c1-5-3-8(11)7(4-9(5)13)10(14)6(2)12/h3-4,6,10,13-14H,12H2,1-2H3. The lowest BCUT2D eigenvalue weighted by atomic mass is 10.0. The van der Waals surface area contributed by atoms with E-state index >= 15 is 0 Å². The first-order valence-corrected chi connectivity index (χ1v) is 4.36. The van der Waals surface area contributed by atoms with Crippen LogP contribution in [0.5, 0.6) is 5.75 Å². The number of aryl methyl sites for hydroxylation is 1. The van der Waals surface area contributed by atoms with E-state index in [2.05, 4.69) is 0 Å². The number of aliphatic hydroxyl groups excluding tert-OH is 1. The molecule has 0 aliphatic rings. The molecule has 0 saturated carbocycles. The first-order chi connectivity index (χ1) is 6.43. The van der Waals surface area contributed by atoms with Gasteiger partial charge in [-0.3, -0.25) is 0 Å². The Morgan fingerprint density at radius 2 is 2.00 bits per heavy atom. The normalized spacial score (nSPS) is 15.2. The maximum absolute atomic E-state index is 13.3. The fourth-order valence-electron chi connectivity index (χ4n) is 1.19. The van der Waals surface area contributed by atoms with Crippen LogP contribution in [0.1, 0.15) is 24.2 Å². The molecule has 1 rings (SSSR count). The second-order valence-electron chi connectivity index (χ2n) is 3.46. The maximum Gasteiger partial charge on any atom is 0.129 e. The van der Waals surface area contributed by atoms with Gasteiger partial charge in [0.15, 0.2) is 0 Å². The Kier molecular flexibility index (Phi) is 3.08. The number of aromatic hydroxyl groups is 1. The van der Waals surface area contributed by atoms with Crippen molar-refractivity contribution in [2.45, 2.75) is 26.0 Å². The Balaban J connectivity index is 3.15. The molecule has 0 bridgehead atoms. The molecule has 0 amide bonds. The maximum atomic E-state index is 13.3. The summed E-state index contributed by atoms with van der Waals surface area (Å²) < 4.78 is 13.3. The zero-order valence-electron chi connectivity index (χ0n) is 8.16. The van der Waals surface area contributed by atoms with E-state index in [1.165, 1.54) is 12.1 Å². The molecule has 78 valence electrons. The molecule has 4 heteroatoms. The molecule has 0 radical (unpaired) electrons. The number of rotatable bonds is 2. The number of hydrogen-bond acceptors (Lipinski definition) is 3. The van der Waals surface area contributed by atoms with Crippen molar-refractivity contribution >= 4 is 0 Å². The Morgan fingerprint density at radius 3 is 2.50 bits per heavy atom. The van der Waals surface area contributed by atoms with Gasteiger partial charge in [-0.2, -0.15) is 0 Å². The van der Waals surface area contributed by atoms with Gasteiger partial charge in [0, 0.05) is 11.6 Å². The Bertz CT molecular complexity index is 339. The van der Waals surface area contributed by atoms with E-state index in [4.69, 9.17) is 5.73 Å². The van der Waals surface area contributed by atoms with Gasteiger partial charge in [0.05, 0.1) is 6.10 Å². The van der Waals surface area contributed by atoms with Gasteiger partial charge >= 0.3 is 0 Å². The number of benzene rings is 1. The van der Waals surface area contributed by atoms with Gasteiger partial charge in [0.25, 0.3) is 0 Å². The van der Waals surface area contributed by atoms with Crippen LogP contribution in [0.2, 0.25) is 0 Å². The Hall–Kier alpha value is -1.13. The van der Waals surface area contributed by atoms with Gasteiger partial charge in [0.1, 0.15) is 11.6 Å². The van der Waals surface area contributed by atoms with Crippen molar-refractivity contribution in [3.8, 4) is 5.75 Å². The van der Waals surface area contributed by atoms with Crippen LogP contribution >= 0.6 is 0 Å². The minimum absolute atomic E-state index is 0.0306. The molecule has 0 heterocycles. The van der Waals surface area contributed by atoms with E-state index in [1.807, 2.05) is 0 Å². The highest BCUT2D eigenvalue weighted by Gasteiger charge is 2.18. The van der Waals surface area contributed by atoms with Gasteiger partial charge in [0.2, 0.25) is 0 Å². The highest BCUT2D eigenvalue weighted by atomic mass is 19.1. The summed E-state index contributed by atoms with van der Waals surface area (Å²) in [5, 5.41) is 18.9. The zero-order chi connectivity index (χ0) is 10.9. The van der Waals surface area contributed by atoms with Crippen LogP contribution in [0.25, 0.3) is 0 Å². The second kappa shape index (κ2) is 3.94. The lowest BCUT2D eigenvalue weighted by Gasteiger charge is -2.16. The van der Waals surface area contributed by atoms with Crippen molar-refractivity contribution in [1.82, 2.24) is 0 Å². The Morgan fingerprint density at radius 1 is 1.43 bits per heavy atom. The molecular weight excluding hydrogens is 185 g/mol. The predicted octanol–water partition coefficient (Wildman–Crippen LogP) is 1.22. The smallest absolute Gasteiger partial charge is 0.129 e. The van der Waals surface area contributed by atoms with Gasteiger partial charge < -0.3 is 15.9 Å². The molecule has 4 N–H and O–H groups in total. The Labute approximate surface area is 82.0 Å². The van der Waals surface area contributed by atoms with Crippen LogP contribution in [-0.2, 0) is 0 Å². The number of halogens is 1. The van der Waals surface area contributed by atoms with Gasteiger partial charge in [-0.05, 0) is 31.5 Å². The SMILES string of the molecule is Cc1cc(F)c(C(O)C(C)N)cc1O. The average Bonchev–Trinajstić information content (AvgIpc) is 2.10. The zero-order valence-corrected chi connectivity index (χ0v) is 8.16. The molecule has 0 aliphatic carbocycles. The highest BCUT2D eigenvalue weighted by Crippen LogP contribution is 2.26. The summed E-state index contributed by atoms with van der Waals surface area (Å²) in [5.41, 5.74) is 5.89. The number of phenolic OH excluding ortho intramolecular Hbond substituents is 1. The van der Waals surface area contributed by atoms with Crippen molar-refractivity contribution in [1.29, 1.82) is 0 Å². The summed E-state index contributed by atoms with van der Waals surface area (Å²) in [6.45, 7) is 3.15. The van der Waals surface area contributed by atoms with E-state index in [1.54, 1.807) is 13.8 Å². The lowest BCUT2D eigenvalue weighted by Crippen LogP contribution is -2.25. The number of phenols is 1. The molecule has 2 atom stereocenters. The largest absolute Gasteiger partial charge is 0.508 e. The monoisotopic (exact) mass is 199 g/mol. The van der Waals surface area contributed by atoms with Gasteiger partial charge in [-0.1, -0.05) is 0 Å². The van der Waals surface area contributed by atoms with Crippen LogP contribution in [-0.4, -0.2) is 16.3 Å². The molecule has 0 aliphatic heterocycles. The molecular formula is C10H14FNO2. The summed E-state index contributed by atoms with van der Waals surface area (Å²) in [5.74, 6) is -0.591.